The van der Waals surface area contributed by atoms with Crippen LogP contribution in [0.2, 0.25) is 0 Å². The number of aryl methyl sites for hydroxylation is 1. The molecule has 0 heterocycles. The zero-order valence-corrected chi connectivity index (χ0v) is 15.9. The van der Waals surface area contributed by atoms with Crippen LogP contribution >= 0.6 is 0 Å². The molecule has 5 nitrogen and oxygen atoms in total. The molecule has 0 aromatic heterocycles. The van der Waals surface area contributed by atoms with Crippen molar-refractivity contribution in [2.45, 2.75) is 32.9 Å². The lowest BCUT2D eigenvalue weighted by atomic mass is 10.1. The van der Waals surface area contributed by atoms with Crippen LogP contribution in [0.3, 0.4) is 0 Å². The Kier molecular flexibility index (Phi) is 6.37. The predicted molar refractivity (Wildman–Crippen MR) is 101 cm³/mol. The van der Waals surface area contributed by atoms with Crippen molar-refractivity contribution in [1.29, 1.82) is 0 Å². The predicted octanol–water partition coefficient (Wildman–Crippen LogP) is 3.00. The summed E-state index contributed by atoms with van der Waals surface area (Å²) in [5.41, 5.74) is 2.26. The third-order valence-corrected chi connectivity index (χ3v) is 5.14. The van der Waals surface area contributed by atoms with Crippen LogP contribution in [0.25, 0.3) is 0 Å². The number of sulfonamides is 1. The van der Waals surface area contributed by atoms with Gasteiger partial charge in [0.1, 0.15) is 11.9 Å². The molecule has 140 valence electrons. The Morgan fingerprint density at radius 3 is 2.38 bits per heavy atom. The van der Waals surface area contributed by atoms with E-state index in [2.05, 4.69) is 5.32 Å². The van der Waals surface area contributed by atoms with Crippen LogP contribution in [0.5, 0.6) is 0 Å². The topological polar surface area (TPSA) is 66.5 Å². The lowest BCUT2D eigenvalue weighted by molar-refractivity contribution is -0.122. The van der Waals surface area contributed by atoms with E-state index in [0.29, 0.717) is 6.54 Å². The summed E-state index contributed by atoms with van der Waals surface area (Å²) in [5, 5.41) is 2.79. The molecule has 7 heteroatoms. The molecule has 26 heavy (non-hydrogen) atoms. The molecule has 2 aromatic carbocycles. The average molecular weight is 378 g/mol. The average Bonchev–Trinajstić information content (AvgIpc) is 2.57. The van der Waals surface area contributed by atoms with Gasteiger partial charge in [-0.15, -0.1) is 0 Å². The van der Waals surface area contributed by atoms with Crippen molar-refractivity contribution in [2.24, 2.45) is 0 Å². The van der Waals surface area contributed by atoms with Gasteiger partial charge in [0.2, 0.25) is 15.9 Å². The minimum Gasteiger partial charge on any atom is -0.350 e. The van der Waals surface area contributed by atoms with E-state index >= 15 is 0 Å². The van der Waals surface area contributed by atoms with Gasteiger partial charge in [-0.2, -0.15) is 0 Å². The van der Waals surface area contributed by atoms with Crippen molar-refractivity contribution in [2.75, 3.05) is 10.6 Å². The zero-order chi connectivity index (χ0) is 19.3. The molecule has 1 amide bonds. The third-order valence-electron chi connectivity index (χ3n) is 3.96. The molecule has 0 spiro atoms. The van der Waals surface area contributed by atoms with E-state index < -0.39 is 27.8 Å². The van der Waals surface area contributed by atoms with E-state index in [1.54, 1.807) is 6.92 Å². The van der Waals surface area contributed by atoms with Crippen molar-refractivity contribution in [3.8, 4) is 0 Å². The second-order valence-corrected chi connectivity index (χ2v) is 8.03. The molecule has 0 fully saturated rings. The Morgan fingerprint density at radius 2 is 1.85 bits per heavy atom. The molecule has 2 aromatic rings. The highest BCUT2D eigenvalue weighted by atomic mass is 32.2. The molecule has 1 N–H and O–H groups in total. The lowest BCUT2D eigenvalue weighted by Crippen LogP contribution is -2.49. The standard InChI is InChI=1S/C19H23FN2O3S/c1-4-18(19(23)21-13-15-7-5-6-14(2)12-15)22(26(3,24)25)17-10-8-16(20)9-11-17/h5-12,18H,4,13H2,1-3H3,(H,21,23)/t18-/m0/s1. The van der Waals surface area contributed by atoms with Crippen LogP contribution in [-0.2, 0) is 21.4 Å². The van der Waals surface area contributed by atoms with Crippen LogP contribution in [0.15, 0.2) is 48.5 Å². The highest BCUT2D eigenvalue weighted by molar-refractivity contribution is 7.92. The van der Waals surface area contributed by atoms with Crippen molar-refractivity contribution >= 4 is 21.6 Å². The summed E-state index contributed by atoms with van der Waals surface area (Å²) < 4.78 is 38.8. The van der Waals surface area contributed by atoms with E-state index in [-0.39, 0.29) is 12.1 Å². The molecule has 0 saturated carbocycles. The molecule has 0 radical (unpaired) electrons. The maximum atomic E-state index is 13.2. The number of nitrogens with zero attached hydrogens (tertiary/aromatic N) is 1. The maximum absolute atomic E-state index is 13.2. The molecule has 2 rings (SSSR count). The van der Waals surface area contributed by atoms with Gasteiger partial charge < -0.3 is 5.32 Å². The van der Waals surface area contributed by atoms with Crippen molar-refractivity contribution in [1.82, 2.24) is 5.32 Å². The molecule has 1 atom stereocenters. The Morgan fingerprint density at radius 1 is 1.19 bits per heavy atom. The number of benzene rings is 2. The van der Waals surface area contributed by atoms with E-state index in [1.807, 2.05) is 31.2 Å². The zero-order valence-electron chi connectivity index (χ0n) is 15.1. The summed E-state index contributed by atoms with van der Waals surface area (Å²) in [6.45, 7) is 4.00. The van der Waals surface area contributed by atoms with Crippen LogP contribution < -0.4 is 9.62 Å². The largest absolute Gasteiger partial charge is 0.350 e. The first kappa shape index (κ1) is 19.9. The molecular formula is C19H23FN2O3S. The summed E-state index contributed by atoms with van der Waals surface area (Å²) in [6.07, 6.45) is 1.32. The lowest BCUT2D eigenvalue weighted by Gasteiger charge is -2.30. The van der Waals surface area contributed by atoms with Gasteiger partial charge in [0.05, 0.1) is 11.9 Å². The van der Waals surface area contributed by atoms with Gasteiger partial charge in [0, 0.05) is 6.54 Å². The molecule has 0 aliphatic carbocycles. The van der Waals surface area contributed by atoms with Gasteiger partial charge in [-0.05, 0) is 43.2 Å². The summed E-state index contributed by atoms with van der Waals surface area (Å²) in [5.74, 6) is -0.872. The van der Waals surface area contributed by atoms with Crippen LogP contribution in [0.4, 0.5) is 10.1 Å². The number of hydrogen-bond donors (Lipinski definition) is 1. The van der Waals surface area contributed by atoms with Crippen LogP contribution in [0.1, 0.15) is 24.5 Å². The van der Waals surface area contributed by atoms with E-state index in [4.69, 9.17) is 0 Å². The van der Waals surface area contributed by atoms with Gasteiger partial charge in [-0.1, -0.05) is 36.8 Å². The number of rotatable bonds is 7. The minimum atomic E-state index is -3.73. The summed E-state index contributed by atoms with van der Waals surface area (Å²) >= 11 is 0. The van der Waals surface area contributed by atoms with Crippen molar-refractivity contribution < 1.29 is 17.6 Å². The number of nitrogens with one attached hydrogen (secondary N) is 1. The Bertz CT molecular complexity index is 867. The number of hydrogen-bond acceptors (Lipinski definition) is 3. The van der Waals surface area contributed by atoms with Crippen molar-refractivity contribution in [3.63, 3.8) is 0 Å². The number of carbonyl (C=O) groups is 1. The van der Waals surface area contributed by atoms with Gasteiger partial charge >= 0.3 is 0 Å². The van der Waals surface area contributed by atoms with E-state index in [9.17, 15) is 17.6 Å². The molecule has 0 bridgehead atoms. The number of anilines is 1. The van der Waals surface area contributed by atoms with Gasteiger partial charge in [0.25, 0.3) is 0 Å². The first-order valence-corrected chi connectivity index (χ1v) is 10.2. The third kappa shape index (κ3) is 5.05. The summed E-state index contributed by atoms with van der Waals surface area (Å²) in [6, 6.07) is 11.8. The molecule has 0 unspecified atom stereocenters. The number of amides is 1. The highest BCUT2D eigenvalue weighted by Gasteiger charge is 2.31. The van der Waals surface area contributed by atoms with E-state index in [0.717, 1.165) is 21.7 Å². The normalized spacial score (nSPS) is 12.5. The maximum Gasteiger partial charge on any atom is 0.244 e. The number of halogens is 1. The van der Waals surface area contributed by atoms with Gasteiger partial charge in [-0.3, -0.25) is 9.10 Å². The smallest absolute Gasteiger partial charge is 0.244 e. The monoisotopic (exact) mass is 378 g/mol. The fourth-order valence-electron chi connectivity index (χ4n) is 2.78. The summed E-state index contributed by atoms with van der Waals surface area (Å²) in [7, 11) is -3.73. The molecule has 0 saturated heterocycles. The minimum absolute atomic E-state index is 0.256. The summed E-state index contributed by atoms with van der Waals surface area (Å²) in [4.78, 5) is 12.7. The molecular weight excluding hydrogens is 355 g/mol. The molecule has 0 aliphatic heterocycles. The van der Waals surface area contributed by atoms with Gasteiger partial charge in [-0.25, -0.2) is 12.8 Å². The first-order valence-electron chi connectivity index (χ1n) is 8.30. The Hall–Kier alpha value is -2.41. The van der Waals surface area contributed by atoms with Gasteiger partial charge in [0.15, 0.2) is 0 Å². The Labute approximate surface area is 153 Å². The van der Waals surface area contributed by atoms with Crippen LogP contribution in [-0.4, -0.2) is 26.6 Å². The quantitative estimate of drug-likeness (QED) is 0.805. The molecule has 0 aliphatic rings. The number of carbonyl (C=O) groups excluding carboxylic acids is 1. The van der Waals surface area contributed by atoms with E-state index in [1.165, 1.54) is 24.3 Å². The first-order chi connectivity index (χ1) is 12.2. The fourth-order valence-corrected chi connectivity index (χ4v) is 3.99. The van der Waals surface area contributed by atoms with Crippen molar-refractivity contribution in [3.05, 3.63) is 65.5 Å². The highest BCUT2D eigenvalue weighted by Crippen LogP contribution is 2.23. The SMILES string of the molecule is CC[C@@H](C(=O)NCc1cccc(C)c1)N(c1ccc(F)cc1)S(C)(=O)=O. The Balaban J connectivity index is 2.23. The van der Waals surface area contributed by atoms with Crippen LogP contribution in [0, 0.1) is 12.7 Å². The second kappa shape index (κ2) is 8.31. The fraction of sp³-hybridized carbons (Fsp3) is 0.316. The second-order valence-electron chi connectivity index (χ2n) is 6.17.